The van der Waals surface area contributed by atoms with Crippen LogP contribution < -0.4 is 5.11 Å². The number of aliphatic carboxylic acids is 1. The van der Waals surface area contributed by atoms with Gasteiger partial charge in [0.1, 0.15) is 13.2 Å². The molecule has 9 nitrogen and oxygen atoms in total. The number of hydrogen-bond donors (Lipinski definition) is 0. The summed E-state index contributed by atoms with van der Waals surface area (Å²) in [6.07, 6.45) is 80.9. The summed E-state index contributed by atoms with van der Waals surface area (Å²) in [5.41, 5.74) is 0. The Balaban J connectivity index is 4.11. The van der Waals surface area contributed by atoms with E-state index >= 15 is 0 Å². The second-order valence-electron chi connectivity index (χ2n) is 21.3. The molecule has 0 saturated carbocycles. The normalized spacial score (nSPS) is 13.7. The molecule has 78 heavy (non-hydrogen) atoms. The highest BCUT2D eigenvalue weighted by Gasteiger charge is 2.22. The number of likely N-dealkylation sites (N-methyl/N-ethyl adjacent to an activating group) is 1. The quantitative estimate of drug-likeness (QED) is 0.0195. The van der Waals surface area contributed by atoms with Gasteiger partial charge in [-0.2, -0.15) is 0 Å². The maximum atomic E-state index is 12.9. The number of carboxylic acid groups (broad SMARTS) is 1. The Bertz CT molecular complexity index is 1740. The third-order valence-corrected chi connectivity index (χ3v) is 12.6. The zero-order chi connectivity index (χ0) is 56.9. The van der Waals surface area contributed by atoms with Crippen molar-refractivity contribution in [3.05, 3.63) is 134 Å². The van der Waals surface area contributed by atoms with Crippen molar-refractivity contribution in [3.8, 4) is 0 Å². The van der Waals surface area contributed by atoms with Gasteiger partial charge in [0.15, 0.2) is 12.4 Å². The fourth-order valence-corrected chi connectivity index (χ4v) is 7.91. The predicted octanol–water partition coefficient (Wildman–Crippen LogP) is 17.3. The van der Waals surface area contributed by atoms with Crippen molar-refractivity contribution in [1.29, 1.82) is 0 Å². The van der Waals surface area contributed by atoms with E-state index in [-0.39, 0.29) is 38.6 Å². The summed E-state index contributed by atoms with van der Waals surface area (Å²) in [5, 5.41) is 11.8. The Morgan fingerprint density at radius 3 is 1.10 bits per heavy atom. The molecule has 0 aromatic carbocycles. The molecule has 0 bridgehead atoms. The maximum Gasteiger partial charge on any atom is 0.306 e. The summed E-state index contributed by atoms with van der Waals surface area (Å²) in [6, 6.07) is 0. The van der Waals surface area contributed by atoms with Crippen LogP contribution in [-0.4, -0.2) is 82.3 Å². The largest absolute Gasteiger partial charge is 0.545 e. The summed E-state index contributed by atoms with van der Waals surface area (Å²) in [5.74, 6) is -2.31. The van der Waals surface area contributed by atoms with Crippen molar-refractivity contribution in [1.82, 2.24) is 0 Å². The van der Waals surface area contributed by atoms with Gasteiger partial charge in [-0.15, -0.1) is 0 Å². The SMILES string of the molecule is CC/C=C\C/C=C\C/C=C\C/C=C\C/C=C\C/C=C\C/C=C\C/C=C\C/C=C\C/C=C\CCCCCCCCCCCCC(=O)OC(COC(=O)CCCCCCC/C=C\CCCCC)COC(OCC[N+](C)(C)C)C(=O)[O-]. The Hall–Kier alpha value is -4.57. The monoisotopic (exact) mass is 1080 g/mol. The number of unbranched alkanes of at least 4 members (excludes halogenated alkanes) is 18. The first-order valence-electron chi connectivity index (χ1n) is 30.8. The van der Waals surface area contributed by atoms with Crippen molar-refractivity contribution < 1.29 is 42.9 Å². The second kappa shape index (κ2) is 58.6. The second-order valence-corrected chi connectivity index (χ2v) is 21.3. The van der Waals surface area contributed by atoms with E-state index in [2.05, 4.69) is 148 Å². The first-order valence-corrected chi connectivity index (χ1v) is 30.8. The number of esters is 2. The average molecular weight is 1080 g/mol. The minimum atomic E-state index is -1.63. The Labute approximate surface area is 478 Å². The average Bonchev–Trinajstić information content (AvgIpc) is 3.41. The molecule has 9 heteroatoms. The molecule has 442 valence electrons. The first-order chi connectivity index (χ1) is 38.1. The lowest BCUT2D eigenvalue weighted by atomic mass is 10.0. The van der Waals surface area contributed by atoms with Gasteiger partial charge >= 0.3 is 11.9 Å². The van der Waals surface area contributed by atoms with Crippen LogP contribution in [0, 0.1) is 0 Å². The molecule has 0 N–H and O–H groups in total. The zero-order valence-corrected chi connectivity index (χ0v) is 50.2. The highest BCUT2D eigenvalue weighted by molar-refractivity contribution is 5.70. The highest BCUT2D eigenvalue weighted by Crippen LogP contribution is 2.15. The van der Waals surface area contributed by atoms with E-state index in [1.807, 2.05) is 21.1 Å². The van der Waals surface area contributed by atoms with E-state index in [4.69, 9.17) is 18.9 Å². The Kier molecular flexibility index (Phi) is 55.1. The van der Waals surface area contributed by atoms with Crippen LogP contribution in [-0.2, 0) is 33.3 Å². The molecule has 0 amide bonds. The standard InChI is InChI=1S/C69H113NO8/c1-6-8-10-12-14-16-18-20-21-22-23-24-25-26-27-28-29-30-31-32-33-34-35-36-37-38-39-40-41-42-43-44-45-46-47-48-50-52-54-56-58-60-67(72)78-65(64-77-69(68(73)74)75-62-61-70(3,4)5)63-76-66(71)59-57-55-53-51-49-19-17-15-13-11-9-7-2/h8,10,14-17,20-21,23-24,26-27,29-30,32-33,35-36,38-39,41-42,65,69H,6-7,9,11-13,18-19,22,25,28,31,34,37,40,43-64H2,1-5H3/b10-8-,16-14-,17-15-,21-20-,24-23-,27-26-,30-29-,33-32-,36-35-,39-38-,42-41-. The number of hydrogen-bond acceptors (Lipinski definition) is 8. The summed E-state index contributed by atoms with van der Waals surface area (Å²) >= 11 is 0. The third kappa shape index (κ3) is 59.1. The fraction of sp³-hybridized carbons (Fsp3) is 0.638. The van der Waals surface area contributed by atoms with Crippen LogP contribution in [0.5, 0.6) is 0 Å². The lowest BCUT2D eigenvalue weighted by molar-refractivity contribution is -0.870. The summed E-state index contributed by atoms with van der Waals surface area (Å²) < 4.78 is 22.6. The van der Waals surface area contributed by atoms with Gasteiger partial charge in [-0.3, -0.25) is 9.59 Å². The molecule has 2 unspecified atom stereocenters. The van der Waals surface area contributed by atoms with Crippen LogP contribution in [0.15, 0.2) is 134 Å². The van der Waals surface area contributed by atoms with E-state index < -0.39 is 24.3 Å². The number of carbonyl (C=O) groups excluding carboxylic acids is 3. The van der Waals surface area contributed by atoms with Crippen LogP contribution in [0.2, 0.25) is 0 Å². The molecule has 0 spiro atoms. The zero-order valence-electron chi connectivity index (χ0n) is 50.2. The lowest BCUT2D eigenvalue weighted by Crippen LogP contribution is -2.44. The molecule has 0 aromatic rings. The molecule has 0 saturated heterocycles. The third-order valence-electron chi connectivity index (χ3n) is 12.6. The number of nitrogens with zero attached hydrogens (tertiary/aromatic N) is 1. The van der Waals surface area contributed by atoms with Gasteiger partial charge in [-0.1, -0.05) is 231 Å². The number of ether oxygens (including phenoxy) is 4. The smallest absolute Gasteiger partial charge is 0.306 e. The molecule has 0 fully saturated rings. The van der Waals surface area contributed by atoms with Gasteiger partial charge in [-0.25, -0.2) is 0 Å². The van der Waals surface area contributed by atoms with Gasteiger partial charge < -0.3 is 33.3 Å². The Morgan fingerprint density at radius 1 is 0.397 bits per heavy atom. The Morgan fingerprint density at radius 2 is 0.731 bits per heavy atom. The van der Waals surface area contributed by atoms with E-state index in [1.54, 1.807) is 0 Å². The van der Waals surface area contributed by atoms with Crippen LogP contribution in [0.3, 0.4) is 0 Å². The van der Waals surface area contributed by atoms with Gasteiger partial charge in [0.2, 0.25) is 0 Å². The molecule has 0 aliphatic carbocycles. The van der Waals surface area contributed by atoms with Crippen LogP contribution in [0.25, 0.3) is 0 Å². The molecular formula is C69H113NO8. The topological polar surface area (TPSA) is 111 Å². The van der Waals surface area contributed by atoms with Gasteiger partial charge in [-0.05, 0) is 116 Å². The maximum absolute atomic E-state index is 12.9. The van der Waals surface area contributed by atoms with Crippen molar-refractivity contribution >= 4 is 17.9 Å². The first kappa shape index (κ1) is 73.4. The molecule has 0 aromatic heterocycles. The molecule has 0 aliphatic heterocycles. The molecule has 0 radical (unpaired) electrons. The summed E-state index contributed by atoms with van der Waals surface area (Å²) in [7, 11) is 5.91. The number of allylic oxidation sites excluding steroid dienone is 22. The molecule has 0 heterocycles. The van der Waals surface area contributed by atoms with E-state index in [0.29, 0.717) is 17.4 Å². The van der Waals surface area contributed by atoms with E-state index in [0.717, 1.165) is 135 Å². The minimum absolute atomic E-state index is 0.140. The number of rotatable bonds is 55. The van der Waals surface area contributed by atoms with E-state index in [9.17, 15) is 19.5 Å². The van der Waals surface area contributed by atoms with Gasteiger partial charge in [0, 0.05) is 12.8 Å². The van der Waals surface area contributed by atoms with Crippen molar-refractivity contribution in [2.45, 2.75) is 238 Å². The summed E-state index contributed by atoms with van der Waals surface area (Å²) in [6.45, 7) is 4.57. The van der Waals surface area contributed by atoms with Crippen LogP contribution >= 0.6 is 0 Å². The van der Waals surface area contributed by atoms with Crippen LogP contribution in [0.4, 0.5) is 0 Å². The number of carboxylic acids is 1. The molecule has 2 atom stereocenters. The molecule has 0 aliphatic rings. The number of carbonyl (C=O) groups is 3. The van der Waals surface area contributed by atoms with Crippen molar-refractivity contribution in [2.24, 2.45) is 0 Å². The van der Waals surface area contributed by atoms with E-state index in [1.165, 1.54) is 57.8 Å². The summed E-state index contributed by atoms with van der Waals surface area (Å²) in [4.78, 5) is 37.2. The minimum Gasteiger partial charge on any atom is -0.545 e. The van der Waals surface area contributed by atoms with Crippen molar-refractivity contribution in [2.75, 3.05) is 47.5 Å². The van der Waals surface area contributed by atoms with Gasteiger partial charge in [0.25, 0.3) is 0 Å². The number of quaternary nitrogens is 1. The highest BCUT2D eigenvalue weighted by atomic mass is 16.7. The molecular weight excluding hydrogens is 971 g/mol. The molecule has 0 rings (SSSR count). The lowest BCUT2D eigenvalue weighted by Gasteiger charge is -2.26. The predicted molar refractivity (Wildman–Crippen MR) is 329 cm³/mol. The van der Waals surface area contributed by atoms with Crippen molar-refractivity contribution in [3.63, 3.8) is 0 Å². The van der Waals surface area contributed by atoms with Gasteiger partial charge in [0.05, 0.1) is 40.3 Å². The van der Waals surface area contributed by atoms with Crippen LogP contribution in [0.1, 0.15) is 226 Å². The fourth-order valence-electron chi connectivity index (χ4n) is 7.91.